The minimum Gasteiger partial charge on any atom is -0.462 e. The van der Waals surface area contributed by atoms with Crippen molar-refractivity contribution in [1.29, 1.82) is 0 Å². The molecule has 0 heterocycles. The standard InChI is InChI=1S/C72H140O17P2/c1-7-9-11-13-15-16-17-18-19-20-21-22-23-24-25-26-31-38-44-50-56-71(76)89-68(61-83-70(75)55-49-43-37-32-27-29-35-40-46-52-64(3)4)63-87-91(80,81)85-59-66(73)58-84-90(78,79)86-62-67(60-82-69(74)54-48-42-34-14-12-10-8-2)88-72(77)57-51-45-39-33-28-30-36-41-47-53-65(5)6/h64-68,73H,7-63H2,1-6H3,(H,78,79)(H,80,81)/t66-,67+,68+/m0/s1. The van der Waals surface area contributed by atoms with Crippen molar-refractivity contribution in [1.82, 2.24) is 0 Å². The molecule has 17 nitrogen and oxygen atoms in total. The molecule has 0 amide bonds. The molecule has 0 bridgehead atoms. The van der Waals surface area contributed by atoms with Gasteiger partial charge >= 0.3 is 39.5 Å². The fourth-order valence-electron chi connectivity index (χ4n) is 10.9. The van der Waals surface area contributed by atoms with Gasteiger partial charge in [0.25, 0.3) is 0 Å². The predicted octanol–water partition coefficient (Wildman–Crippen LogP) is 20.8. The van der Waals surface area contributed by atoms with Crippen LogP contribution in [0.2, 0.25) is 0 Å². The Kier molecular flexibility index (Phi) is 62.7. The summed E-state index contributed by atoms with van der Waals surface area (Å²) >= 11 is 0. The van der Waals surface area contributed by atoms with Gasteiger partial charge in [-0.15, -0.1) is 0 Å². The molecule has 0 aromatic rings. The lowest BCUT2D eigenvalue weighted by molar-refractivity contribution is -0.161. The van der Waals surface area contributed by atoms with Crippen LogP contribution in [0.1, 0.15) is 369 Å². The average Bonchev–Trinajstić information content (AvgIpc) is 3.30. The molecule has 3 N–H and O–H groups in total. The summed E-state index contributed by atoms with van der Waals surface area (Å²) in [6.45, 7) is 9.48. The summed E-state index contributed by atoms with van der Waals surface area (Å²) in [5, 5.41) is 10.6. The van der Waals surface area contributed by atoms with E-state index in [0.717, 1.165) is 115 Å². The van der Waals surface area contributed by atoms with E-state index in [4.69, 9.17) is 37.0 Å². The maximum absolute atomic E-state index is 13.0. The number of unbranched alkanes of at least 4 members (excludes halogenated alkanes) is 41. The smallest absolute Gasteiger partial charge is 0.462 e. The second-order valence-corrected chi connectivity index (χ2v) is 29.8. The lowest BCUT2D eigenvalue weighted by Gasteiger charge is -2.21. The Morgan fingerprint density at radius 2 is 0.505 bits per heavy atom. The van der Waals surface area contributed by atoms with Crippen LogP contribution in [0, 0.1) is 11.8 Å². The van der Waals surface area contributed by atoms with E-state index in [9.17, 15) is 43.2 Å². The van der Waals surface area contributed by atoms with Gasteiger partial charge in [0, 0.05) is 25.7 Å². The molecule has 91 heavy (non-hydrogen) atoms. The van der Waals surface area contributed by atoms with Crippen LogP contribution in [0.25, 0.3) is 0 Å². The Bertz CT molecular complexity index is 1770. The third-order valence-electron chi connectivity index (χ3n) is 16.7. The fourth-order valence-corrected chi connectivity index (χ4v) is 12.5. The van der Waals surface area contributed by atoms with Gasteiger partial charge in [-0.05, 0) is 37.5 Å². The van der Waals surface area contributed by atoms with E-state index in [0.29, 0.717) is 25.7 Å². The Hall–Kier alpha value is -1.94. The molecule has 0 saturated heterocycles. The van der Waals surface area contributed by atoms with Crippen LogP contribution >= 0.6 is 15.6 Å². The zero-order valence-corrected chi connectivity index (χ0v) is 60.9. The summed E-state index contributed by atoms with van der Waals surface area (Å²) in [6.07, 6.45) is 50.2. The van der Waals surface area contributed by atoms with Crippen molar-refractivity contribution in [3.05, 3.63) is 0 Å². The summed E-state index contributed by atoms with van der Waals surface area (Å²) in [5.74, 6) is -0.647. The van der Waals surface area contributed by atoms with Crippen molar-refractivity contribution in [2.24, 2.45) is 11.8 Å². The number of aliphatic hydroxyl groups is 1. The second-order valence-electron chi connectivity index (χ2n) is 26.9. The van der Waals surface area contributed by atoms with E-state index in [-0.39, 0.29) is 25.7 Å². The highest BCUT2D eigenvalue weighted by Crippen LogP contribution is 2.45. The molecule has 2 unspecified atom stereocenters. The van der Waals surface area contributed by atoms with Gasteiger partial charge in [-0.1, -0.05) is 318 Å². The summed E-state index contributed by atoms with van der Waals surface area (Å²) in [4.78, 5) is 72.5. The normalized spacial score (nSPS) is 14.1. The number of esters is 4. The highest BCUT2D eigenvalue weighted by molar-refractivity contribution is 7.47. The minimum absolute atomic E-state index is 0.105. The number of aliphatic hydroxyl groups excluding tert-OH is 1. The molecule has 0 aliphatic carbocycles. The number of phosphoric acid groups is 2. The molecule has 5 atom stereocenters. The number of phosphoric ester groups is 2. The van der Waals surface area contributed by atoms with Crippen molar-refractivity contribution in [2.45, 2.75) is 387 Å². The van der Waals surface area contributed by atoms with E-state index in [2.05, 4.69) is 41.5 Å². The molecule has 0 aliphatic rings. The van der Waals surface area contributed by atoms with Gasteiger partial charge in [0.05, 0.1) is 26.4 Å². The average molecular weight is 1340 g/mol. The molecule has 19 heteroatoms. The monoisotopic (exact) mass is 1340 g/mol. The number of hydrogen-bond donors (Lipinski definition) is 3. The first-order valence-corrected chi connectivity index (χ1v) is 40.5. The summed E-state index contributed by atoms with van der Waals surface area (Å²) in [7, 11) is -9.90. The SMILES string of the molecule is CCCCCCCCCCCCCCCCCCCCCCC(=O)O[C@H](COC(=O)CCCCCCCCCCCC(C)C)COP(=O)(O)OC[C@@H](O)COP(=O)(O)OC[C@@H](COC(=O)CCCCCCCCC)OC(=O)CCCCCCCCCCCC(C)C. The second kappa shape index (κ2) is 64.1. The molecular weight excluding hydrogens is 1200 g/mol. The van der Waals surface area contributed by atoms with Crippen LogP contribution in [0.15, 0.2) is 0 Å². The third-order valence-corrected chi connectivity index (χ3v) is 18.6. The van der Waals surface area contributed by atoms with Crippen LogP contribution in [0.3, 0.4) is 0 Å². The Balaban J connectivity index is 5.16. The van der Waals surface area contributed by atoms with Gasteiger partial charge in [0.15, 0.2) is 12.2 Å². The van der Waals surface area contributed by atoms with E-state index < -0.39 is 97.5 Å². The predicted molar refractivity (Wildman–Crippen MR) is 368 cm³/mol. The van der Waals surface area contributed by atoms with Crippen molar-refractivity contribution in [3.63, 3.8) is 0 Å². The van der Waals surface area contributed by atoms with Crippen LogP contribution in [0.4, 0.5) is 0 Å². The van der Waals surface area contributed by atoms with Gasteiger partial charge in [0.2, 0.25) is 0 Å². The van der Waals surface area contributed by atoms with Crippen LogP contribution in [-0.4, -0.2) is 96.7 Å². The van der Waals surface area contributed by atoms with Crippen molar-refractivity contribution >= 4 is 39.5 Å². The van der Waals surface area contributed by atoms with Crippen molar-refractivity contribution in [2.75, 3.05) is 39.6 Å². The summed E-state index contributed by atoms with van der Waals surface area (Å²) < 4.78 is 68.2. The zero-order valence-electron chi connectivity index (χ0n) is 59.1. The number of rotatable bonds is 71. The quantitative estimate of drug-likeness (QED) is 0.0222. The van der Waals surface area contributed by atoms with E-state index in [1.54, 1.807) is 0 Å². The molecule has 540 valence electrons. The van der Waals surface area contributed by atoms with Crippen molar-refractivity contribution < 1.29 is 80.2 Å². The van der Waals surface area contributed by atoms with Gasteiger partial charge in [0.1, 0.15) is 19.3 Å². The number of carbonyl (C=O) groups excluding carboxylic acids is 4. The highest BCUT2D eigenvalue weighted by Gasteiger charge is 2.30. The maximum Gasteiger partial charge on any atom is 0.472 e. The zero-order chi connectivity index (χ0) is 67.2. The molecule has 0 fully saturated rings. The van der Waals surface area contributed by atoms with Gasteiger partial charge in [-0.2, -0.15) is 0 Å². The largest absolute Gasteiger partial charge is 0.472 e. The van der Waals surface area contributed by atoms with Crippen LogP contribution < -0.4 is 0 Å². The van der Waals surface area contributed by atoms with Crippen LogP contribution in [0.5, 0.6) is 0 Å². The van der Waals surface area contributed by atoms with Gasteiger partial charge in [-0.3, -0.25) is 37.3 Å². The minimum atomic E-state index is -4.95. The van der Waals surface area contributed by atoms with Crippen LogP contribution in [-0.2, 0) is 65.4 Å². The molecule has 0 radical (unpaired) electrons. The fraction of sp³-hybridized carbons (Fsp3) is 0.944. The first-order valence-electron chi connectivity index (χ1n) is 37.5. The number of carbonyl (C=O) groups is 4. The van der Waals surface area contributed by atoms with Crippen molar-refractivity contribution in [3.8, 4) is 0 Å². The van der Waals surface area contributed by atoms with E-state index in [1.807, 2.05) is 0 Å². The lowest BCUT2D eigenvalue weighted by atomic mass is 10.0. The molecule has 0 rings (SSSR count). The molecule has 0 aromatic heterocycles. The Morgan fingerprint density at radius 3 is 0.747 bits per heavy atom. The first-order chi connectivity index (χ1) is 43.9. The molecule has 0 aliphatic heterocycles. The Morgan fingerprint density at radius 1 is 0.297 bits per heavy atom. The summed E-state index contributed by atoms with van der Waals surface area (Å²) in [6, 6.07) is 0. The van der Waals surface area contributed by atoms with E-state index in [1.165, 1.54) is 173 Å². The molecule has 0 spiro atoms. The first kappa shape index (κ1) is 89.1. The Labute approximate surface area is 556 Å². The molecule has 0 aromatic carbocycles. The molecular formula is C72H140O17P2. The summed E-state index contributed by atoms with van der Waals surface area (Å²) in [5.41, 5.74) is 0. The number of ether oxygens (including phenoxy) is 4. The van der Waals surface area contributed by atoms with Gasteiger partial charge < -0.3 is 33.8 Å². The third kappa shape index (κ3) is 66.5. The lowest BCUT2D eigenvalue weighted by Crippen LogP contribution is -2.30. The molecule has 0 saturated carbocycles. The highest BCUT2D eigenvalue weighted by atomic mass is 31.2. The van der Waals surface area contributed by atoms with Gasteiger partial charge in [-0.25, -0.2) is 9.13 Å². The van der Waals surface area contributed by atoms with E-state index >= 15 is 0 Å². The topological polar surface area (TPSA) is 237 Å². The number of hydrogen-bond acceptors (Lipinski definition) is 15. The maximum atomic E-state index is 13.0.